The molecule has 3 heterocycles. The summed E-state index contributed by atoms with van der Waals surface area (Å²) in [5.41, 5.74) is 1.37. The Balaban J connectivity index is 0.00000272. The van der Waals surface area contributed by atoms with Crippen LogP contribution in [0.15, 0.2) is 47.7 Å². The van der Waals surface area contributed by atoms with Crippen LogP contribution in [-0.4, -0.2) is 77.3 Å². The van der Waals surface area contributed by atoms with Crippen LogP contribution in [0.3, 0.4) is 0 Å². The Morgan fingerprint density at radius 3 is 2.81 bits per heavy atom. The molecule has 2 unspecified atom stereocenters. The molecule has 170 valence electrons. The van der Waals surface area contributed by atoms with Crippen molar-refractivity contribution in [1.82, 2.24) is 24.7 Å². The van der Waals surface area contributed by atoms with Crippen molar-refractivity contribution in [3.05, 3.63) is 54.1 Å². The zero-order valence-electron chi connectivity index (χ0n) is 18.6. The summed E-state index contributed by atoms with van der Waals surface area (Å²) < 4.78 is 8.32. The lowest BCUT2D eigenvalue weighted by atomic mass is 10.1. The average molecular weight is 538 g/mol. The molecule has 31 heavy (non-hydrogen) atoms. The zero-order valence-corrected chi connectivity index (χ0v) is 20.9. The van der Waals surface area contributed by atoms with Crippen molar-refractivity contribution in [2.75, 3.05) is 39.8 Å². The number of nitrogens with zero attached hydrogens (tertiary/aromatic N) is 5. The first-order valence-corrected chi connectivity index (χ1v) is 11.1. The Morgan fingerprint density at radius 1 is 1.23 bits per heavy atom. The Bertz CT molecular complexity index is 826. The third kappa shape index (κ3) is 6.20. The van der Waals surface area contributed by atoms with Crippen LogP contribution >= 0.6 is 24.0 Å². The summed E-state index contributed by atoms with van der Waals surface area (Å²) >= 11 is 0. The van der Waals surface area contributed by atoms with Gasteiger partial charge in [-0.1, -0.05) is 30.3 Å². The van der Waals surface area contributed by atoms with Gasteiger partial charge in [0.2, 0.25) is 0 Å². The van der Waals surface area contributed by atoms with Gasteiger partial charge in [-0.25, -0.2) is 4.98 Å². The third-order valence-electron chi connectivity index (χ3n) is 6.19. The van der Waals surface area contributed by atoms with E-state index < -0.39 is 0 Å². The summed E-state index contributed by atoms with van der Waals surface area (Å²) in [7, 11) is 1.88. The summed E-state index contributed by atoms with van der Waals surface area (Å²) in [4.78, 5) is 13.8. The standard InChI is InChI=1S/C23H34N6O.HI/c1-19-25-11-13-27(19)12-7-6-10-26-23(24-2)29-17-21-22(18-29)30-15-14-28(21)16-20-8-4-3-5-9-20;/h3-5,8-9,11,13,21-22H,6-7,10,12,14-18H2,1-2H3,(H,24,26);1H. The normalized spacial score (nSPS) is 21.6. The molecule has 2 aromatic rings. The molecule has 0 saturated carbocycles. The minimum absolute atomic E-state index is 0. The highest BCUT2D eigenvalue weighted by Gasteiger charge is 2.41. The zero-order chi connectivity index (χ0) is 20.8. The molecule has 8 heteroatoms. The predicted molar refractivity (Wildman–Crippen MR) is 135 cm³/mol. The van der Waals surface area contributed by atoms with Gasteiger partial charge in [0.25, 0.3) is 0 Å². The van der Waals surface area contributed by atoms with Gasteiger partial charge in [-0.2, -0.15) is 0 Å². The lowest BCUT2D eigenvalue weighted by molar-refractivity contribution is -0.0502. The van der Waals surface area contributed by atoms with Crippen LogP contribution in [0.25, 0.3) is 0 Å². The molecule has 2 aliphatic heterocycles. The minimum atomic E-state index is 0. The van der Waals surface area contributed by atoms with Crippen LogP contribution in [0.5, 0.6) is 0 Å². The number of rotatable bonds is 7. The number of guanidine groups is 1. The molecule has 7 nitrogen and oxygen atoms in total. The van der Waals surface area contributed by atoms with Crippen molar-refractivity contribution in [3.63, 3.8) is 0 Å². The topological polar surface area (TPSA) is 57.9 Å². The van der Waals surface area contributed by atoms with E-state index in [1.165, 1.54) is 5.56 Å². The average Bonchev–Trinajstić information content (AvgIpc) is 3.38. The monoisotopic (exact) mass is 538 g/mol. The highest BCUT2D eigenvalue weighted by atomic mass is 127. The fourth-order valence-electron chi connectivity index (χ4n) is 4.53. The van der Waals surface area contributed by atoms with Crippen LogP contribution in [-0.2, 0) is 17.8 Å². The fraction of sp³-hybridized carbons (Fsp3) is 0.565. The SMILES string of the molecule is CN=C(NCCCCn1ccnc1C)N1CC2OCCN(Cc3ccccc3)C2C1.I. The number of aromatic nitrogens is 2. The van der Waals surface area contributed by atoms with Gasteiger partial charge in [-0.3, -0.25) is 9.89 Å². The first-order valence-electron chi connectivity index (χ1n) is 11.1. The molecule has 2 saturated heterocycles. The van der Waals surface area contributed by atoms with E-state index in [4.69, 9.17) is 4.74 Å². The van der Waals surface area contributed by atoms with Crippen molar-refractivity contribution in [2.45, 2.75) is 45.0 Å². The number of likely N-dealkylation sites (tertiary alicyclic amines) is 1. The van der Waals surface area contributed by atoms with Gasteiger partial charge in [0.05, 0.1) is 18.8 Å². The van der Waals surface area contributed by atoms with Crippen LogP contribution in [0.4, 0.5) is 0 Å². The second-order valence-electron chi connectivity index (χ2n) is 8.19. The van der Waals surface area contributed by atoms with Crippen LogP contribution in [0, 0.1) is 6.92 Å². The molecule has 0 aliphatic carbocycles. The van der Waals surface area contributed by atoms with Crippen molar-refractivity contribution in [2.24, 2.45) is 4.99 Å². The van der Waals surface area contributed by atoms with E-state index in [2.05, 4.69) is 73.1 Å². The number of benzene rings is 1. The van der Waals surface area contributed by atoms with Crippen LogP contribution in [0.1, 0.15) is 24.2 Å². The Labute approximate surface area is 202 Å². The number of nitrogens with one attached hydrogen (secondary N) is 1. The van der Waals surface area contributed by atoms with Gasteiger partial charge >= 0.3 is 0 Å². The number of hydrogen-bond donors (Lipinski definition) is 1. The summed E-state index contributed by atoms with van der Waals surface area (Å²) in [5.74, 6) is 2.07. The van der Waals surface area contributed by atoms with E-state index in [0.717, 1.165) is 70.5 Å². The quantitative estimate of drug-likeness (QED) is 0.255. The third-order valence-corrected chi connectivity index (χ3v) is 6.19. The number of unbranched alkanes of at least 4 members (excludes halogenated alkanes) is 1. The van der Waals surface area contributed by atoms with Gasteiger partial charge in [0.15, 0.2) is 5.96 Å². The van der Waals surface area contributed by atoms with Crippen LogP contribution < -0.4 is 5.32 Å². The molecule has 0 amide bonds. The Morgan fingerprint density at radius 2 is 2.06 bits per heavy atom. The summed E-state index contributed by atoms with van der Waals surface area (Å²) in [6.45, 7) is 8.65. The number of morpholine rings is 1. The molecule has 2 fully saturated rings. The number of halogens is 1. The molecule has 0 spiro atoms. The smallest absolute Gasteiger partial charge is 0.193 e. The molecular weight excluding hydrogens is 503 g/mol. The number of hydrogen-bond acceptors (Lipinski definition) is 4. The van der Waals surface area contributed by atoms with Gasteiger partial charge < -0.3 is 19.5 Å². The molecular formula is C23H35IN6O. The van der Waals surface area contributed by atoms with Crippen molar-refractivity contribution >= 4 is 29.9 Å². The Kier molecular flexibility index (Phi) is 9.15. The Hall–Kier alpha value is -1.65. The predicted octanol–water partition coefficient (Wildman–Crippen LogP) is 2.75. The van der Waals surface area contributed by atoms with E-state index in [1.54, 1.807) is 0 Å². The van der Waals surface area contributed by atoms with E-state index in [0.29, 0.717) is 6.04 Å². The summed E-state index contributed by atoms with van der Waals surface area (Å²) in [5, 5.41) is 3.56. The highest BCUT2D eigenvalue weighted by molar-refractivity contribution is 14.0. The maximum atomic E-state index is 6.12. The minimum Gasteiger partial charge on any atom is -0.373 e. The van der Waals surface area contributed by atoms with E-state index >= 15 is 0 Å². The molecule has 4 rings (SSSR count). The maximum Gasteiger partial charge on any atom is 0.193 e. The highest BCUT2D eigenvalue weighted by Crippen LogP contribution is 2.24. The van der Waals surface area contributed by atoms with Gasteiger partial charge in [0.1, 0.15) is 5.82 Å². The van der Waals surface area contributed by atoms with Gasteiger partial charge in [-0.05, 0) is 25.3 Å². The first-order chi connectivity index (χ1) is 14.7. The van der Waals surface area contributed by atoms with Crippen LogP contribution in [0.2, 0.25) is 0 Å². The summed E-state index contributed by atoms with van der Waals surface area (Å²) in [6, 6.07) is 11.2. The van der Waals surface area contributed by atoms with Gasteiger partial charge in [0, 0.05) is 58.7 Å². The van der Waals surface area contributed by atoms with E-state index in [1.807, 2.05) is 13.2 Å². The van der Waals surface area contributed by atoms with Crippen molar-refractivity contribution < 1.29 is 4.74 Å². The lowest BCUT2D eigenvalue weighted by Crippen LogP contribution is -2.50. The maximum absolute atomic E-state index is 6.12. The number of aliphatic imine (C=N–C) groups is 1. The lowest BCUT2D eigenvalue weighted by Gasteiger charge is -2.36. The largest absolute Gasteiger partial charge is 0.373 e. The number of fused-ring (bicyclic) bond motifs is 1. The second-order valence-corrected chi connectivity index (χ2v) is 8.19. The number of imidazole rings is 1. The first kappa shape index (κ1) is 24.0. The number of aryl methyl sites for hydroxylation is 2. The molecule has 2 atom stereocenters. The fourth-order valence-corrected chi connectivity index (χ4v) is 4.53. The molecule has 0 bridgehead atoms. The van der Waals surface area contributed by atoms with E-state index in [9.17, 15) is 0 Å². The van der Waals surface area contributed by atoms with Crippen molar-refractivity contribution in [1.29, 1.82) is 0 Å². The molecule has 2 aliphatic rings. The second kappa shape index (κ2) is 11.8. The molecule has 1 aromatic carbocycles. The molecule has 1 aromatic heterocycles. The molecule has 1 N–H and O–H groups in total. The van der Waals surface area contributed by atoms with Crippen molar-refractivity contribution in [3.8, 4) is 0 Å². The van der Waals surface area contributed by atoms with Gasteiger partial charge in [-0.15, -0.1) is 24.0 Å². The van der Waals surface area contributed by atoms with E-state index in [-0.39, 0.29) is 30.1 Å². The summed E-state index contributed by atoms with van der Waals surface area (Å²) in [6.07, 6.45) is 6.40. The number of ether oxygens (including phenoxy) is 1. The molecule has 0 radical (unpaired) electrons.